The van der Waals surface area contributed by atoms with Crippen LogP contribution in [-0.2, 0) is 11.2 Å². The van der Waals surface area contributed by atoms with Crippen LogP contribution >= 0.6 is 12.4 Å². The summed E-state index contributed by atoms with van der Waals surface area (Å²) in [5.74, 6) is 0.248. The normalized spacial score (nSPS) is 11.6. The van der Waals surface area contributed by atoms with Gasteiger partial charge in [-0.25, -0.2) is 0 Å². The second-order valence-corrected chi connectivity index (χ2v) is 4.96. The Kier molecular flexibility index (Phi) is 10.1. The number of carbonyl (C=O) groups excluding carboxylic acids is 1. The average molecular weight is 299 g/mol. The minimum Gasteiger partial charge on any atom is -0.342 e. The molecular formula is C16H27ClN2O. The van der Waals surface area contributed by atoms with E-state index in [0.717, 1.165) is 25.8 Å². The van der Waals surface area contributed by atoms with E-state index < -0.39 is 0 Å². The Bertz CT molecular complexity index is 370. The third-order valence-electron chi connectivity index (χ3n) is 3.54. The van der Waals surface area contributed by atoms with Crippen molar-refractivity contribution in [1.29, 1.82) is 0 Å². The van der Waals surface area contributed by atoms with Gasteiger partial charge >= 0.3 is 0 Å². The zero-order valence-corrected chi connectivity index (χ0v) is 13.6. The molecule has 0 aliphatic heterocycles. The molecule has 0 aliphatic rings. The Morgan fingerprint density at radius 1 is 1.30 bits per heavy atom. The zero-order chi connectivity index (χ0) is 14.1. The van der Waals surface area contributed by atoms with Gasteiger partial charge in [-0.2, -0.15) is 0 Å². The van der Waals surface area contributed by atoms with E-state index in [9.17, 15) is 4.79 Å². The fourth-order valence-electron chi connectivity index (χ4n) is 2.24. The molecular weight excluding hydrogens is 272 g/mol. The SMILES string of the molecule is CCC(Cc1ccccc1)N(C)C(=O)CCCNC.Cl. The van der Waals surface area contributed by atoms with Crippen LogP contribution in [0.25, 0.3) is 0 Å². The number of halogens is 1. The summed E-state index contributed by atoms with van der Waals surface area (Å²) in [5, 5.41) is 3.07. The van der Waals surface area contributed by atoms with Crippen molar-refractivity contribution >= 4 is 18.3 Å². The molecule has 1 amide bonds. The first kappa shape index (κ1) is 18.9. The highest BCUT2D eigenvalue weighted by molar-refractivity contribution is 5.85. The molecule has 0 saturated carbocycles. The molecule has 1 N–H and O–H groups in total. The summed E-state index contributed by atoms with van der Waals surface area (Å²) in [6, 6.07) is 10.7. The summed E-state index contributed by atoms with van der Waals surface area (Å²) in [6.07, 6.45) is 3.46. The molecule has 0 spiro atoms. The number of hydrogen-bond donors (Lipinski definition) is 1. The number of carbonyl (C=O) groups is 1. The lowest BCUT2D eigenvalue weighted by atomic mass is 10.0. The molecule has 0 bridgehead atoms. The zero-order valence-electron chi connectivity index (χ0n) is 12.8. The van der Waals surface area contributed by atoms with Crippen LogP contribution in [0.3, 0.4) is 0 Å². The number of nitrogens with one attached hydrogen (secondary N) is 1. The Morgan fingerprint density at radius 3 is 2.50 bits per heavy atom. The largest absolute Gasteiger partial charge is 0.342 e. The number of benzene rings is 1. The summed E-state index contributed by atoms with van der Waals surface area (Å²) in [5.41, 5.74) is 1.30. The lowest BCUT2D eigenvalue weighted by Gasteiger charge is -2.27. The van der Waals surface area contributed by atoms with Crippen molar-refractivity contribution in [2.75, 3.05) is 20.6 Å². The van der Waals surface area contributed by atoms with Crippen LogP contribution in [0.2, 0.25) is 0 Å². The summed E-state index contributed by atoms with van der Waals surface area (Å²) in [7, 11) is 3.84. The molecule has 0 radical (unpaired) electrons. The quantitative estimate of drug-likeness (QED) is 0.749. The van der Waals surface area contributed by atoms with Crippen molar-refractivity contribution in [3.05, 3.63) is 35.9 Å². The van der Waals surface area contributed by atoms with E-state index in [1.807, 2.05) is 25.1 Å². The second-order valence-electron chi connectivity index (χ2n) is 4.96. The first-order valence-electron chi connectivity index (χ1n) is 7.13. The van der Waals surface area contributed by atoms with Crippen molar-refractivity contribution in [2.24, 2.45) is 0 Å². The van der Waals surface area contributed by atoms with Crippen molar-refractivity contribution in [3.8, 4) is 0 Å². The van der Waals surface area contributed by atoms with Gasteiger partial charge in [-0.3, -0.25) is 4.79 Å². The van der Waals surface area contributed by atoms with Crippen LogP contribution in [0.15, 0.2) is 30.3 Å². The molecule has 1 unspecified atom stereocenters. The fourth-order valence-corrected chi connectivity index (χ4v) is 2.24. The van der Waals surface area contributed by atoms with Crippen LogP contribution in [0.1, 0.15) is 31.7 Å². The fraction of sp³-hybridized carbons (Fsp3) is 0.562. The van der Waals surface area contributed by atoms with Gasteiger partial charge in [0.25, 0.3) is 0 Å². The van der Waals surface area contributed by atoms with Gasteiger partial charge in [0.2, 0.25) is 5.91 Å². The van der Waals surface area contributed by atoms with Gasteiger partial charge in [-0.05, 0) is 38.4 Å². The number of hydrogen-bond acceptors (Lipinski definition) is 2. The molecule has 1 atom stereocenters. The molecule has 114 valence electrons. The van der Waals surface area contributed by atoms with E-state index in [1.165, 1.54) is 5.56 Å². The van der Waals surface area contributed by atoms with Gasteiger partial charge in [0.15, 0.2) is 0 Å². The Hall–Kier alpha value is -1.06. The number of nitrogens with zero attached hydrogens (tertiary/aromatic N) is 1. The minimum atomic E-state index is 0. The van der Waals surface area contributed by atoms with Crippen molar-refractivity contribution < 1.29 is 4.79 Å². The van der Waals surface area contributed by atoms with E-state index in [4.69, 9.17) is 0 Å². The van der Waals surface area contributed by atoms with Gasteiger partial charge < -0.3 is 10.2 Å². The van der Waals surface area contributed by atoms with Crippen molar-refractivity contribution in [1.82, 2.24) is 10.2 Å². The van der Waals surface area contributed by atoms with Gasteiger partial charge in [0.05, 0.1) is 0 Å². The maximum Gasteiger partial charge on any atom is 0.222 e. The summed E-state index contributed by atoms with van der Waals surface area (Å²) in [6.45, 7) is 3.04. The monoisotopic (exact) mass is 298 g/mol. The van der Waals surface area contributed by atoms with Crippen LogP contribution in [-0.4, -0.2) is 37.5 Å². The van der Waals surface area contributed by atoms with E-state index in [-0.39, 0.29) is 18.3 Å². The van der Waals surface area contributed by atoms with E-state index in [1.54, 1.807) is 0 Å². The van der Waals surface area contributed by atoms with Crippen molar-refractivity contribution in [3.63, 3.8) is 0 Å². The highest BCUT2D eigenvalue weighted by atomic mass is 35.5. The summed E-state index contributed by atoms with van der Waals surface area (Å²) in [4.78, 5) is 14.0. The van der Waals surface area contributed by atoms with Crippen molar-refractivity contribution in [2.45, 2.75) is 38.6 Å². The molecule has 0 fully saturated rings. The molecule has 1 aromatic carbocycles. The van der Waals surface area contributed by atoms with Gasteiger partial charge in [0.1, 0.15) is 0 Å². The van der Waals surface area contributed by atoms with Crippen LogP contribution < -0.4 is 5.32 Å². The maximum atomic E-state index is 12.1. The molecule has 20 heavy (non-hydrogen) atoms. The summed E-state index contributed by atoms with van der Waals surface area (Å²) >= 11 is 0. The lowest BCUT2D eigenvalue weighted by Crippen LogP contribution is -2.38. The third-order valence-corrected chi connectivity index (χ3v) is 3.54. The minimum absolute atomic E-state index is 0. The van der Waals surface area contributed by atoms with Crippen LogP contribution in [0, 0.1) is 0 Å². The van der Waals surface area contributed by atoms with E-state index in [2.05, 4.69) is 36.5 Å². The first-order chi connectivity index (χ1) is 9.19. The molecule has 0 saturated heterocycles. The molecule has 0 aliphatic carbocycles. The molecule has 4 heteroatoms. The topological polar surface area (TPSA) is 32.3 Å². The molecule has 0 aromatic heterocycles. The van der Waals surface area contributed by atoms with E-state index in [0.29, 0.717) is 12.5 Å². The Morgan fingerprint density at radius 2 is 1.95 bits per heavy atom. The smallest absolute Gasteiger partial charge is 0.222 e. The average Bonchev–Trinajstić information content (AvgIpc) is 2.45. The Balaban J connectivity index is 0.00000361. The number of rotatable bonds is 8. The standard InChI is InChI=1S/C16H26N2O.ClH/c1-4-15(13-14-9-6-5-7-10-14)18(3)16(19)11-8-12-17-2;/h5-7,9-10,15,17H,4,8,11-13H2,1-3H3;1H. The van der Waals surface area contributed by atoms with Crippen LogP contribution in [0.4, 0.5) is 0 Å². The molecule has 0 heterocycles. The van der Waals surface area contributed by atoms with Gasteiger partial charge in [0, 0.05) is 19.5 Å². The predicted molar refractivity (Wildman–Crippen MR) is 87.4 cm³/mol. The third kappa shape index (κ3) is 6.40. The van der Waals surface area contributed by atoms with Gasteiger partial charge in [-0.15, -0.1) is 12.4 Å². The highest BCUT2D eigenvalue weighted by Gasteiger charge is 2.18. The second kappa shape index (κ2) is 10.7. The molecule has 1 rings (SSSR count). The number of likely N-dealkylation sites (N-methyl/N-ethyl adjacent to an activating group) is 1. The van der Waals surface area contributed by atoms with Gasteiger partial charge in [-0.1, -0.05) is 37.3 Å². The predicted octanol–water partition coefficient (Wildman–Crippen LogP) is 2.89. The highest BCUT2D eigenvalue weighted by Crippen LogP contribution is 2.12. The summed E-state index contributed by atoms with van der Waals surface area (Å²) < 4.78 is 0. The first-order valence-corrected chi connectivity index (χ1v) is 7.13. The number of amides is 1. The molecule has 3 nitrogen and oxygen atoms in total. The van der Waals surface area contributed by atoms with Crippen LogP contribution in [0.5, 0.6) is 0 Å². The maximum absolute atomic E-state index is 12.1. The molecule has 1 aromatic rings. The lowest BCUT2D eigenvalue weighted by molar-refractivity contribution is -0.132. The van der Waals surface area contributed by atoms with E-state index >= 15 is 0 Å². The Labute approximate surface area is 129 Å².